The summed E-state index contributed by atoms with van der Waals surface area (Å²) in [7, 11) is 0. The first kappa shape index (κ1) is 14.5. The maximum Gasteiger partial charge on any atom is 0.205 e. The lowest BCUT2D eigenvalue weighted by Gasteiger charge is -2.07. The van der Waals surface area contributed by atoms with Gasteiger partial charge in [0.15, 0.2) is 0 Å². The SMILES string of the molecule is CC(C)OCc1cccc(C=NNc2nc(N)cs2)c1. The lowest BCUT2D eigenvalue weighted by Crippen LogP contribution is -2.02. The van der Waals surface area contributed by atoms with Gasteiger partial charge in [-0.05, 0) is 31.0 Å². The Kier molecular flexibility index (Phi) is 5.09. The molecule has 5 nitrogen and oxygen atoms in total. The minimum atomic E-state index is 0.226. The topological polar surface area (TPSA) is 72.5 Å². The third kappa shape index (κ3) is 4.64. The van der Waals surface area contributed by atoms with Crippen molar-refractivity contribution < 1.29 is 4.74 Å². The van der Waals surface area contributed by atoms with E-state index in [0.29, 0.717) is 17.6 Å². The van der Waals surface area contributed by atoms with E-state index in [1.807, 2.05) is 38.1 Å². The highest BCUT2D eigenvalue weighted by Crippen LogP contribution is 2.16. The summed E-state index contributed by atoms with van der Waals surface area (Å²) in [6, 6.07) is 8.06. The van der Waals surface area contributed by atoms with Gasteiger partial charge < -0.3 is 10.5 Å². The molecule has 1 aromatic heterocycles. The highest BCUT2D eigenvalue weighted by molar-refractivity contribution is 7.14. The zero-order chi connectivity index (χ0) is 14.4. The second kappa shape index (κ2) is 7.02. The van der Waals surface area contributed by atoms with Gasteiger partial charge in [-0.3, -0.25) is 5.43 Å². The smallest absolute Gasteiger partial charge is 0.205 e. The number of aromatic nitrogens is 1. The molecule has 0 atom stereocenters. The third-order valence-electron chi connectivity index (χ3n) is 2.43. The summed E-state index contributed by atoms with van der Waals surface area (Å²) in [5.74, 6) is 0.500. The molecule has 1 heterocycles. The van der Waals surface area contributed by atoms with Gasteiger partial charge in [0.1, 0.15) is 5.82 Å². The van der Waals surface area contributed by atoms with Crippen LogP contribution in [0.3, 0.4) is 0 Å². The molecule has 0 amide bonds. The zero-order valence-corrected chi connectivity index (χ0v) is 12.4. The third-order valence-corrected chi connectivity index (χ3v) is 3.20. The van der Waals surface area contributed by atoms with Crippen LogP contribution in [0.2, 0.25) is 0 Å². The molecule has 2 aromatic rings. The molecular weight excluding hydrogens is 272 g/mol. The average molecular weight is 290 g/mol. The van der Waals surface area contributed by atoms with Gasteiger partial charge in [-0.25, -0.2) is 4.98 Å². The van der Waals surface area contributed by atoms with Crippen LogP contribution in [0.25, 0.3) is 0 Å². The summed E-state index contributed by atoms with van der Waals surface area (Å²) in [6.07, 6.45) is 1.97. The largest absolute Gasteiger partial charge is 0.383 e. The quantitative estimate of drug-likeness (QED) is 0.633. The van der Waals surface area contributed by atoms with E-state index in [-0.39, 0.29) is 6.10 Å². The van der Waals surface area contributed by atoms with Gasteiger partial charge in [-0.15, -0.1) is 11.3 Å². The molecule has 6 heteroatoms. The summed E-state index contributed by atoms with van der Waals surface area (Å²) < 4.78 is 5.58. The number of nitrogen functional groups attached to an aromatic ring is 1. The van der Waals surface area contributed by atoms with E-state index in [1.54, 1.807) is 11.6 Å². The number of nitrogens with zero attached hydrogens (tertiary/aromatic N) is 2. The number of hydrazone groups is 1. The lowest BCUT2D eigenvalue weighted by molar-refractivity contribution is 0.0657. The van der Waals surface area contributed by atoms with Gasteiger partial charge in [-0.1, -0.05) is 18.2 Å². The van der Waals surface area contributed by atoms with Gasteiger partial charge >= 0.3 is 0 Å². The minimum Gasteiger partial charge on any atom is -0.383 e. The van der Waals surface area contributed by atoms with Crippen molar-refractivity contribution in [2.24, 2.45) is 5.10 Å². The first-order chi connectivity index (χ1) is 9.63. The van der Waals surface area contributed by atoms with E-state index in [0.717, 1.165) is 11.1 Å². The van der Waals surface area contributed by atoms with Crippen LogP contribution < -0.4 is 11.2 Å². The number of benzene rings is 1. The van der Waals surface area contributed by atoms with Gasteiger partial charge in [0.2, 0.25) is 5.13 Å². The standard InChI is InChI=1S/C14H18N4OS/c1-10(2)19-8-12-5-3-4-11(6-12)7-16-18-14-17-13(15)9-20-14/h3-7,9-10H,8,15H2,1-2H3,(H,17,18). The number of ether oxygens (including phenoxy) is 1. The molecule has 1 aromatic carbocycles. The fourth-order valence-corrected chi connectivity index (χ4v) is 2.07. The van der Waals surface area contributed by atoms with Crippen molar-refractivity contribution in [2.75, 3.05) is 11.2 Å². The van der Waals surface area contributed by atoms with Crippen LogP contribution in [0, 0.1) is 0 Å². The summed E-state index contributed by atoms with van der Waals surface area (Å²) in [6.45, 7) is 4.65. The Morgan fingerprint density at radius 1 is 1.50 bits per heavy atom. The molecule has 0 saturated carbocycles. The van der Waals surface area contributed by atoms with Crippen LogP contribution in [0.4, 0.5) is 10.9 Å². The number of rotatable bonds is 6. The number of thiazole rings is 1. The molecular formula is C14H18N4OS. The van der Waals surface area contributed by atoms with E-state index in [9.17, 15) is 0 Å². The van der Waals surface area contributed by atoms with Crippen LogP contribution in [0.1, 0.15) is 25.0 Å². The van der Waals surface area contributed by atoms with E-state index in [1.165, 1.54) is 11.3 Å². The summed E-state index contributed by atoms with van der Waals surface area (Å²) in [4.78, 5) is 4.06. The van der Waals surface area contributed by atoms with Gasteiger partial charge in [0, 0.05) is 5.38 Å². The summed E-state index contributed by atoms with van der Waals surface area (Å²) >= 11 is 1.42. The Balaban J connectivity index is 1.93. The average Bonchev–Trinajstić information content (AvgIpc) is 2.83. The van der Waals surface area contributed by atoms with Crippen molar-refractivity contribution in [3.05, 3.63) is 40.8 Å². The molecule has 0 aliphatic carbocycles. The second-order valence-electron chi connectivity index (χ2n) is 4.55. The lowest BCUT2D eigenvalue weighted by atomic mass is 10.1. The fourth-order valence-electron chi connectivity index (χ4n) is 1.53. The molecule has 0 aliphatic heterocycles. The minimum absolute atomic E-state index is 0.226. The van der Waals surface area contributed by atoms with Crippen molar-refractivity contribution >= 4 is 28.5 Å². The van der Waals surface area contributed by atoms with E-state index >= 15 is 0 Å². The second-order valence-corrected chi connectivity index (χ2v) is 5.41. The predicted molar refractivity (Wildman–Crippen MR) is 84.1 cm³/mol. The highest BCUT2D eigenvalue weighted by Gasteiger charge is 1.98. The predicted octanol–water partition coefficient (Wildman–Crippen LogP) is 3.10. The van der Waals surface area contributed by atoms with Crippen molar-refractivity contribution in [3.63, 3.8) is 0 Å². The summed E-state index contributed by atoms with van der Waals surface area (Å²) in [5, 5.41) is 6.58. The van der Waals surface area contributed by atoms with Gasteiger partial charge in [0.25, 0.3) is 0 Å². The van der Waals surface area contributed by atoms with E-state index in [4.69, 9.17) is 10.5 Å². The molecule has 0 aliphatic rings. The number of nitrogens with one attached hydrogen (secondary N) is 1. The number of anilines is 2. The van der Waals surface area contributed by atoms with Crippen molar-refractivity contribution in [3.8, 4) is 0 Å². The van der Waals surface area contributed by atoms with Crippen molar-refractivity contribution in [2.45, 2.75) is 26.6 Å². The molecule has 0 radical (unpaired) electrons. The van der Waals surface area contributed by atoms with Crippen LogP contribution in [0.15, 0.2) is 34.7 Å². The highest BCUT2D eigenvalue weighted by atomic mass is 32.1. The number of hydrogen-bond donors (Lipinski definition) is 2. The zero-order valence-electron chi connectivity index (χ0n) is 11.5. The first-order valence-corrected chi connectivity index (χ1v) is 7.22. The fraction of sp³-hybridized carbons (Fsp3) is 0.286. The Labute approximate surface area is 122 Å². The molecule has 0 bridgehead atoms. The van der Waals surface area contributed by atoms with Gasteiger partial charge in [0.05, 0.1) is 18.9 Å². The van der Waals surface area contributed by atoms with E-state index < -0.39 is 0 Å². The molecule has 106 valence electrons. The van der Waals surface area contributed by atoms with Crippen molar-refractivity contribution in [1.29, 1.82) is 0 Å². The molecule has 2 rings (SSSR count). The van der Waals surface area contributed by atoms with Crippen molar-refractivity contribution in [1.82, 2.24) is 4.98 Å². The molecule has 3 N–H and O–H groups in total. The number of hydrogen-bond acceptors (Lipinski definition) is 6. The number of nitrogens with two attached hydrogens (primary N) is 1. The Morgan fingerprint density at radius 3 is 3.05 bits per heavy atom. The Hall–Kier alpha value is -1.92. The molecule has 0 spiro atoms. The maximum atomic E-state index is 5.58. The van der Waals surface area contributed by atoms with E-state index in [2.05, 4.69) is 15.5 Å². The van der Waals surface area contributed by atoms with Gasteiger partial charge in [-0.2, -0.15) is 5.10 Å². The Morgan fingerprint density at radius 2 is 2.35 bits per heavy atom. The Bertz CT molecular complexity index is 580. The molecule has 0 unspecified atom stereocenters. The van der Waals surface area contributed by atoms with Crippen LogP contribution in [-0.2, 0) is 11.3 Å². The van der Waals surface area contributed by atoms with Crippen LogP contribution in [-0.4, -0.2) is 17.3 Å². The first-order valence-electron chi connectivity index (χ1n) is 6.34. The normalized spacial score (nSPS) is 11.3. The molecule has 20 heavy (non-hydrogen) atoms. The molecule has 0 fully saturated rings. The molecule has 0 saturated heterocycles. The van der Waals surface area contributed by atoms with Crippen LogP contribution >= 0.6 is 11.3 Å². The van der Waals surface area contributed by atoms with Crippen LogP contribution in [0.5, 0.6) is 0 Å². The monoisotopic (exact) mass is 290 g/mol. The maximum absolute atomic E-state index is 5.58. The summed E-state index contributed by atoms with van der Waals surface area (Å²) in [5.41, 5.74) is 10.5.